The van der Waals surface area contributed by atoms with Gasteiger partial charge in [-0.05, 0) is 50.0 Å². The molecule has 4 rings (SSSR count). The molecule has 28 heavy (non-hydrogen) atoms. The van der Waals surface area contributed by atoms with E-state index in [1.54, 1.807) is 6.08 Å². The smallest absolute Gasteiger partial charge is 0.244 e. The third-order valence-corrected chi connectivity index (χ3v) is 4.81. The number of hydrogen-bond donors (Lipinski definition) is 1. The predicted molar refractivity (Wildman–Crippen MR) is 106 cm³/mol. The van der Waals surface area contributed by atoms with Crippen molar-refractivity contribution in [3.63, 3.8) is 0 Å². The van der Waals surface area contributed by atoms with E-state index in [2.05, 4.69) is 20.2 Å². The Balaban J connectivity index is 1.36. The summed E-state index contributed by atoms with van der Waals surface area (Å²) in [6.45, 7) is 4.55. The normalized spacial score (nSPS) is 15.8. The van der Waals surface area contributed by atoms with Crippen molar-refractivity contribution < 1.29 is 14.3 Å². The summed E-state index contributed by atoms with van der Waals surface area (Å²) >= 11 is 0. The zero-order valence-electron chi connectivity index (χ0n) is 16.0. The third kappa shape index (κ3) is 4.42. The van der Waals surface area contributed by atoms with Crippen LogP contribution in [0.15, 0.2) is 30.3 Å². The number of hydrogen-bond acceptors (Lipinski definition) is 6. The van der Waals surface area contributed by atoms with E-state index in [0.717, 1.165) is 35.9 Å². The van der Waals surface area contributed by atoms with Crippen LogP contribution in [-0.2, 0) is 11.3 Å². The monoisotopic (exact) mass is 380 g/mol. The molecule has 0 atom stereocenters. The fourth-order valence-electron chi connectivity index (χ4n) is 3.39. The molecule has 146 valence electrons. The fraction of sp³-hybridized carbons (Fsp3) is 0.381. The van der Waals surface area contributed by atoms with Crippen molar-refractivity contribution in [1.29, 1.82) is 0 Å². The zero-order valence-corrected chi connectivity index (χ0v) is 16.0. The van der Waals surface area contributed by atoms with Crippen molar-refractivity contribution in [3.8, 4) is 11.5 Å². The lowest BCUT2D eigenvalue weighted by Gasteiger charge is -2.28. The molecule has 1 aromatic carbocycles. The highest BCUT2D eigenvalue weighted by molar-refractivity contribution is 5.91. The highest BCUT2D eigenvalue weighted by atomic mass is 16.7. The second-order valence-corrected chi connectivity index (χ2v) is 7.00. The minimum absolute atomic E-state index is 0.192. The Morgan fingerprint density at radius 3 is 2.82 bits per heavy atom. The third-order valence-electron chi connectivity index (χ3n) is 4.81. The largest absolute Gasteiger partial charge is 0.454 e. The summed E-state index contributed by atoms with van der Waals surface area (Å²) in [4.78, 5) is 23.6. The maximum Gasteiger partial charge on any atom is 0.244 e. The second kappa shape index (κ2) is 8.29. The van der Waals surface area contributed by atoms with E-state index in [9.17, 15) is 4.79 Å². The molecule has 0 unspecified atom stereocenters. The maximum atomic E-state index is 12.2. The van der Waals surface area contributed by atoms with Gasteiger partial charge in [-0.1, -0.05) is 6.07 Å². The molecular formula is C21H24N4O3. The van der Waals surface area contributed by atoms with E-state index in [1.807, 2.05) is 31.2 Å². The first-order valence-corrected chi connectivity index (χ1v) is 9.62. The van der Waals surface area contributed by atoms with Gasteiger partial charge >= 0.3 is 0 Å². The first-order chi connectivity index (χ1) is 13.7. The molecule has 7 heteroatoms. The van der Waals surface area contributed by atoms with Crippen molar-refractivity contribution in [2.45, 2.75) is 32.7 Å². The molecule has 1 fully saturated rings. The quantitative estimate of drug-likeness (QED) is 0.804. The molecule has 1 aromatic heterocycles. The van der Waals surface area contributed by atoms with E-state index < -0.39 is 0 Å². The van der Waals surface area contributed by atoms with Gasteiger partial charge in [-0.25, -0.2) is 9.97 Å². The Morgan fingerprint density at radius 1 is 1.14 bits per heavy atom. The van der Waals surface area contributed by atoms with Gasteiger partial charge in [-0.3, -0.25) is 4.79 Å². The molecule has 2 aromatic rings. The topological polar surface area (TPSA) is 76.6 Å². The van der Waals surface area contributed by atoms with Crippen LogP contribution in [0.3, 0.4) is 0 Å². The molecule has 0 bridgehead atoms. The number of benzene rings is 1. The van der Waals surface area contributed by atoms with Crippen LogP contribution in [0.2, 0.25) is 0 Å². The van der Waals surface area contributed by atoms with Crippen molar-refractivity contribution in [2.75, 3.05) is 24.8 Å². The van der Waals surface area contributed by atoms with E-state index in [4.69, 9.17) is 9.47 Å². The minimum Gasteiger partial charge on any atom is -0.454 e. The van der Waals surface area contributed by atoms with Gasteiger partial charge < -0.3 is 19.7 Å². The maximum absolute atomic E-state index is 12.2. The molecule has 1 amide bonds. The second-order valence-electron chi connectivity index (χ2n) is 7.00. The Hall–Kier alpha value is -3.09. The lowest BCUT2D eigenvalue weighted by molar-refractivity contribution is -0.116. The summed E-state index contributed by atoms with van der Waals surface area (Å²) in [6.07, 6.45) is 6.91. The van der Waals surface area contributed by atoms with E-state index in [-0.39, 0.29) is 12.7 Å². The van der Waals surface area contributed by atoms with Gasteiger partial charge in [0.15, 0.2) is 11.5 Å². The molecule has 0 radical (unpaired) electrons. The number of nitrogens with one attached hydrogen (secondary N) is 1. The number of aryl methyl sites for hydroxylation is 1. The molecule has 0 aliphatic carbocycles. The van der Waals surface area contributed by atoms with E-state index >= 15 is 0 Å². The van der Waals surface area contributed by atoms with Gasteiger partial charge in [0.1, 0.15) is 11.6 Å². The standard InChI is InChI=1S/C21H24N4O3/c1-15-11-20(25-9-3-2-4-10-25)24-19(23-15)13-22-21(26)8-6-16-5-7-17-18(12-16)28-14-27-17/h5-8,11-12H,2-4,9-10,13-14H2,1H3,(H,22,26)/b8-6+. The Morgan fingerprint density at radius 2 is 1.96 bits per heavy atom. The van der Waals surface area contributed by atoms with Gasteiger partial charge in [0.25, 0.3) is 0 Å². The summed E-state index contributed by atoms with van der Waals surface area (Å²) in [6, 6.07) is 7.57. The number of anilines is 1. The number of nitrogens with zero attached hydrogens (tertiary/aromatic N) is 3. The molecule has 1 saturated heterocycles. The van der Waals surface area contributed by atoms with Gasteiger partial charge in [0, 0.05) is 30.9 Å². The average molecular weight is 380 g/mol. The molecule has 2 aliphatic rings. The van der Waals surface area contributed by atoms with Crippen molar-refractivity contribution >= 4 is 17.8 Å². The molecule has 0 saturated carbocycles. The summed E-state index contributed by atoms with van der Waals surface area (Å²) < 4.78 is 10.6. The highest BCUT2D eigenvalue weighted by Crippen LogP contribution is 2.32. The number of aromatic nitrogens is 2. The molecule has 3 heterocycles. The molecule has 1 N–H and O–H groups in total. The number of carbonyl (C=O) groups excluding carboxylic acids is 1. The lowest BCUT2D eigenvalue weighted by Crippen LogP contribution is -2.31. The Bertz CT molecular complexity index is 891. The number of piperidine rings is 1. The van der Waals surface area contributed by atoms with Crippen LogP contribution in [-0.4, -0.2) is 35.8 Å². The summed E-state index contributed by atoms with van der Waals surface area (Å²) in [5.41, 5.74) is 1.79. The van der Waals surface area contributed by atoms with Crippen molar-refractivity contribution in [1.82, 2.24) is 15.3 Å². The Kier molecular flexibility index (Phi) is 5.41. The molecule has 0 spiro atoms. The molecule has 2 aliphatic heterocycles. The molecular weight excluding hydrogens is 356 g/mol. The van der Waals surface area contributed by atoms with Gasteiger partial charge in [-0.15, -0.1) is 0 Å². The number of fused-ring (bicyclic) bond motifs is 1. The average Bonchev–Trinajstić information content (AvgIpc) is 3.19. The minimum atomic E-state index is -0.192. The van der Waals surface area contributed by atoms with Crippen LogP contribution in [0, 0.1) is 6.92 Å². The van der Waals surface area contributed by atoms with Crippen LogP contribution in [0.25, 0.3) is 6.08 Å². The van der Waals surface area contributed by atoms with Gasteiger partial charge in [0.2, 0.25) is 12.7 Å². The number of rotatable bonds is 5. The van der Waals surface area contributed by atoms with Crippen LogP contribution in [0.4, 0.5) is 5.82 Å². The SMILES string of the molecule is Cc1cc(N2CCCCC2)nc(CNC(=O)/C=C/c2ccc3c(c2)OCO3)n1. The zero-order chi connectivity index (χ0) is 19.3. The summed E-state index contributed by atoms with van der Waals surface area (Å²) in [7, 11) is 0. The van der Waals surface area contributed by atoms with Crippen molar-refractivity contribution in [3.05, 3.63) is 47.4 Å². The van der Waals surface area contributed by atoms with E-state index in [1.165, 1.54) is 25.3 Å². The highest BCUT2D eigenvalue weighted by Gasteiger charge is 2.14. The summed E-state index contributed by atoms with van der Waals surface area (Å²) in [5, 5.41) is 2.85. The van der Waals surface area contributed by atoms with Crippen molar-refractivity contribution in [2.24, 2.45) is 0 Å². The fourth-order valence-corrected chi connectivity index (χ4v) is 3.39. The van der Waals surface area contributed by atoms with Crippen LogP contribution in [0.1, 0.15) is 36.3 Å². The van der Waals surface area contributed by atoms with Crippen LogP contribution < -0.4 is 19.7 Å². The predicted octanol–water partition coefficient (Wildman–Crippen LogP) is 2.83. The summed E-state index contributed by atoms with van der Waals surface area (Å²) in [5.74, 6) is 2.81. The van der Waals surface area contributed by atoms with Gasteiger partial charge in [-0.2, -0.15) is 0 Å². The lowest BCUT2D eigenvalue weighted by atomic mass is 10.1. The number of amides is 1. The molecule has 7 nitrogen and oxygen atoms in total. The Labute approximate surface area is 164 Å². The van der Waals surface area contributed by atoms with Crippen LogP contribution >= 0.6 is 0 Å². The first kappa shape index (κ1) is 18.3. The number of ether oxygens (including phenoxy) is 2. The van der Waals surface area contributed by atoms with E-state index in [0.29, 0.717) is 18.1 Å². The first-order valence-electron chi connectivity index (χ1n) is 9.62. The van der Waals surface area contributed by atoms with Gasteiger partial charge in [0.05, 0.1) is 6.54 Å². The number of carbonyl (C=O) groups is 1. The van der Waals surface area contributed by atoms with Crippen LogP contribution in [0.5, 0.6) is 11.5 Å².